The normalized spacial score (nSPS) is 26.8. The van der Waals surface area contributed by atoms with Gasteiger partial charge in [0.25, 0.3) is 0 Å². The van der Waals surface area contributed by atoms with Crippen LogP contribution in [0.5, 0.6) is 0 Å². The van der Waals surface area contributed by atoms with Crippen LogP contribution in [0.3, 0.4) is 0 Å². The van der Waals surface area contributed by atoms with E-state index in [9.17, 15) is 13.2 Å². The highest BCUT2D eigenvalue weighted by atomic mass is 32.2. The largest absolute Gasteiger partial charge is 0.352 e. The Kier molecular flexibility index (Phi) is 5.21. The molecule has 0 saturated heterocycles. The summed E-state index contributed by atoms with van der Waals surface area (Å²) in [6.07, 6.45) is 5.10. The minimum Gasteiger partial charge on any atom is -0.352 e. The van der Waals surface area contributed by atoms with E-state index in [4.69, 9.17) is 0 Å². The van der Waals surface area contributed by atoms with Crippen LogP contribution in [0.25, 0.3) is 0 Å². The van der Waals surface area contributed by atoms with Crippen molar-refractivity contribution in [2.75, 3.05) is 13.6 Å². The molecule has 0 radical (unpaired) electrons. The van der Waals surface area contributed by atoms with E-state index in [0.29, 0.717) is 5.92 Å². The Morgan fingerprint density at radius 3 is 2.48 bits per heavy atom. The van der Waals surface area contributed by atoms with Gasteiger partial charge in [0.05, 0.1) is 11.4 Å². The van der Waals surface area contributed by atoms with E-state index >= 15 is 0 Å². The zero-order valence-corrected chi connectivity index (χ0v) is 16.1. The van der Waals surface area contributed by atoms with Crippen molar-refractivity contribution in [3.63, 3.8) is 0 Å². The molecular formula is C19H28N2O3S. The number of rotatable bonds is 6. The third-order valence-corrected chi connectivity index (χ3v) is 7.74. The van der Waals surface area contributed by atoms with Crippen molar-refractivity contribution in [1.29, 1.82) is 0 Å². The zero-order chi connectivity index (χ0) is 18.2. The predicted molar refractivity (Wildman–Crippen MR) is 97.5 cm³/mol. The van der Waals surface area contributed by atoms with E-state index in [1.807, 2.05) is 6.92 Å². The Morgan fingerprint density at radius 2 is 1.92 bits per heavy atom. The van der Waals surface area contributed by atoms with E-state index in [1.165, 1.54) is 32.7 Å². The topological polar surface area (TPSA) is 66.5 Å². The van der Waals surface area contributed by atoms with Gasteiger partial charge in [-0.25, -0.2) is 8.42 Å². The minimum absolute atomic E-state index is 0.110. The van der Waals surface area contributed by atoms with Crippen molar-refractivity contribution < 1.29 is 13.2 Å². The third kappa shape index (κ3) is 3.90. The number of benzene rings is 1. The Balaban J connectivity index is 1.57. The monoisotopic (exact) mass is 364 g/mol. The number of nitrogens with zero attached hydrogens (tertiary/aromatic N) is 1. The van der Waals surface area contributed by atoms with Gasteiger partial charge in [-0.2, -0.15) is 4.31 Å². The summed E-state index contributed by atoms with van der Waals surface area (Å²) in [5.74, 6) is 1.88. The first-order chi connectivity index (χ1) is 11.8. The molecule has 5 nitrogen and oxygen atoms in total. The predicted octanol–water partition coefficient (Wildman–Crippen LogP) is 2.56. The molecule has 1 aromatic rings. The van der Waals surface area contributed by atoms with E-state index in [1.54, 1.807) is 24.3 Å². The second-order valence-corrected chi connectivity index (χ2v) is 9.81. The van der Waals surface area contributed by atoms with Crippen molar-refractivity contribution in [1.82, 2.24) is 9.62 Å². The van der Waals surface area contributed by atoms with Gasteiger partial charge in [0.15, 0.2) is 0 Å². The molecule has 3 rings (SSSR count). The molecule has 0 aliphatic heterocycles. The minimum atomic E-state index is -3.64. The fourth-order valence-electron chi connectivity index (χ4n) is 4.49. The number of nitrogens with one attached hydrogen (secondary N) is 1. The van der Waals surface area contributed by atoms with Crippen LogP contribution in [0, 0.1) is 24.7 Å². The van der Waals surface area contributed by atoms with Gasteiger partial charge in [-0.3, -0.25) is 4.79 Å². The molecule has 1 aromatic carbocycles. The molecular weight excluding hydrogens is 336 g/mol. The van der Waals surface area contributed by atoms with Crippen LogP contribution < -0.4 is 5.32 Å². The average molecular weight is 365 g/mol. The zero-order valence-electron chi connectivity index (χ0n) is 15.2. The fourth-order valence-corrected chi connectivity index (χ4v) is 5.62. The molecule has 0 aromatic heterocycles. The first-order valence-electron chi connectivity index (χ1n) is 9.09. The van der Waals surface area contributed by atoms with Crippen molar-refractivity contribution in [3.8, 4) is 0 Å². The quantitative estimate of drug-likeness (QED) is 0.844. The van der Waals surface area contributed by atoms with Gasteiger partial charge >= 0.3 is 0 Å². The lowest BCUT2D eigenvalue weighted by Crippen LogP contribution is -2.45. The number of fused-ring (bicyclic) bond motifs is 2. The summed E-state index contributed by atoms with van der Waals surface area (Å²) in [6.45, 7) is 3.81. The Bertz CT molecular complexity index is 730. The van der Waals surface area contributed by atoms with Crippen LogP contribution in [0.1, 0.15) is 38.2 Å². The molecule has 1 amide bonds. The molecule has 0 unspecified atom stereocenters. The number of sulfonamides is 1. The van der Waals surface area contributed by atoms with Gasteiger partial charge in [-0.1, -0.05) is 24.1 Å². The number of carbonyl (C=O) groups excluding carboxylic acids is 1. The standard InChI is InChI=1S/C19H28N2O3S/c1-13-4-8-17(9-5-13)25(23,24)21(3)12-19(22)20-14(2)18-11-15-6-7-16(18)10-15/h4-5,8-9,14-16,18H,6-7,10-12H2,1-3H3,(H,20,22)/t14-,15+,16+,18+/m1/s1. The Hall–Kier alpha value is -1.40. The van der Waals surface area contributed by atoms with Gasteiger partial charge in [-0.15, -0.1) is 0 Å². The molecule has 1 N–H and O–H groups in total. The van der Waals surface area contributed by atoms with Crippen molar-refractivity contribution in [3.05, 3.63) is 29.8 Å². The molecule has 138 valence electrons. The second-order valence-electron chi connectivity index (χ2n) is 7.77. The number of aryl methyl sites for hydroxylation is 1. The Labute approximate surface area is 150 Å². The Morgan fingerprint density at radius 1 is 1.24 bits per heavy atom. The maximum atomic E-state index is 12.6. The molecule has 25 heavy (non-hydrogen) atoms. The molecule has 2 saturated carbocycles. The highest BCUT2D eigenvalue weighted by Gasteiger charge is 2.42. The van der Waals surface area contributed by atoms with Gasteiger partial charge in [-0.05, 0) is 63.0 Å². The van der Waals surface area contributed by atoms with E-state index < -0.39 is 10.0 Å². The summed E-state index contributed by atoms with van der Waals surface area (Å²) in [5.41, 5.74) is 0.999. The summed E-state index contributed by atoms with van der Waals surface area (Å²) in [5, 5.41) is 3.03. The lowest BCUT2D eigenvalue weighted by Gasteiger charge is -2.29. The van der Waals surface area contributed by atoms with Gasteiger partial charge in [0.1, 0.15) is 0 Å². The molecule has 6 heteroatoms. The van der Waals surface area contributed by atoms with Crippen LogP contribution in [0.4, 0.5) is 0 Å². The van der Waals surface area contributed by atoms with E-state index in [0.717, 1.165) is 21.7 Å². The van der Waals surface area contributed by atoms with Crippen LogP contribution >= 0.6 is 0 Å². The lowest BCUT2D eigenvalue weighted by atomic mass is 9.84. The molecule has 4 atom stereocenters. The van der Waals surface area contributed by atoms with E-state index in [-0.39, 0.29) is 23.4 Å². The second kappa shape index (κ2) is 7.08. The number of likely N-dealkylation sites (N-methyl/N-ethyl adjacent to an activating group) is 1. The molecule has 2 bridgehead atoms. The summed E-state index contributed by atoms with van der Waals surface area (Å²) in [7, 11) is -2.19. The third-order valence-electron chi connectivity index (χ3n) is 5.92. The first-order valence-corrected chi connectivity index (χ1v) is 10.5. The summed E-state index contributed by atoms with van der Waals surface area (Å²) in [6, 6.07) is 6.79. The molecule has 2 aliphatic carbocycles. The summed E-state index contributed by atoms with van der Waals surface area (Å²) < 4.78 is 26.3. The van der Waals surface area contributed by atoms with Gasteiger partial charge in [0, 0.05) is 13.1 Å². The van der Waals surface area contributed by atoms with Crippen LogP contribution in [0.15, 0.2) is 29.2 Å². The molecule has 0 heterocycles. The average Bonchev–Trinajstić information content (AvgIpc) is 3.18. The van der Waals surface area contributed by atoms with Gasteiger partial charge in [0.2, 0.25) is 15.9 Å². The van der Waals surface area contributed by atoms with Crippen LogP contribution in [-0.4, -0.2) is 38.3 Å². The molecule has 2 aliphatic rings. The summed E-state index contributed by atoms with van der Waals surface area (Å²) >= 11 is 0. The highest BCUT2D eigenvalue weighted by Crippen LogP contribution is 2.49. The lowest BCUT2D eigenvalue weighted by molar-refractivity contribution is -0.122. The maximum Gasteiger partial charge on any atom is 0.243 e. The summed E-state index contributed by atoms with van der Waals surface area (Å²) in [4.78, 5) is 12.6. The van der Waals surface area contributed by atoms with Crippen molar-refractivity contribution in [2.45, 2.75) is 50.5 Å². The number of hydrogen-bond acceptors (Lipinski definition) is 3. The molecule has 0 spiro atoms. The number of amides is 1. The number of carbonyl (C=O) groups is 1. The smallest absolute Gasteiger partial charge is 0.243 e. The molecule has 2 fully saturated rings. The van der Waals surface area contributed by atoms with Crippen molar-refractivity contribution in [2.24, 2.45) is 17.8 Å². The maximum absolute atomic E-state index is 12.6. The number of hydrogen-bond donors (Lipinski definition) is 1. The SMILES string of the molecule is Cc1ccc(S(=O)(=O)N(C)CC(=O)N[C@H](C)[C@@H]2C[C@H]3CC[C@H]2C3)cc1. The fraction of sp³-hybridized carbons (Fsp3) is 0.632. The van der Waals surface area contributed by atoms with Crippen LogP contribution in [-0.2, 0) is 14.8 Å². The van der Waals surface area contributed by atoms with Gasteiger partial charge < -0.3 is 5.32 Å². The van der Waals surface area contributed by atoms with Crippen molar-refractivity contribution >= 4 is 15.9 Å². The van der Waals surface area contributed by atoms with E-state index in [2.05, 4.69) is 12.2 Å². The highest BCUT2D eigenvalue weighted by molar-refractivity contribution is 7.89. The van der Waals surface area contributed by atoms with Crippen LogP contribution in [0.2, 0.25) is 0 Å². The first kappa shape index (κ1) is 18.4.